The van der Waals surface area contributed by atoms with E-state index in [1.165, 1.54) is 12.7 Å². The maximum Gasteiger partial charge on any atom is 0.305 e. The maximum atomic E-state index is 11.5. The fraction of sp³-hybridized carbons (Fsp3) is 0.267. The summed E-state index contributed by atoms with van der Waals surface area (Å²) in [6, 6.07) is 26.5. The third-order valence-electron chi connectivity index (χ3n) is 6.28. The zero-order valence-electron chi connectivity index (χ0n) is 20.2. The van der Waals surface area contributed by atoms with Crippen LogP contribution in [0.1, 0.15) is 47.8 Å². The van der Waals surface area contributed by atoms with Crippen molar-refractivity contribution in [2.75, 3.05) is 7.11 Å². The van der Waals surface area contributed by atoms with Crippen molar-refractivity contribution in [2.45, 2.75) is 45.1 Å². The molecule has 0 spiro atoms. The van der Waals surface area contributed by atoms with Gasteiger partial charge in [-0.15, -0.1) is 0 Å². The molecule has 180 valence electrons. The van der Waals surface area contributed by atoms with Crippen LogP contribution in [0.5, 0.6) is 0 Å². The van der Waals surface area contributed by atoms with E-state index >= 15 is 0 Å². The Morgan fingerprint density at radius 1 is 0.914 bits per heavy atom. The van der Waals surface area contributed by atoms with E-state index in [0.29, 0.717) is 25.0 Å². The lowest BCUT2D eigenvalue weighted by Crippen LogP contribution is -2.01. The van der Waals surface area contributed by atoms with Gasteiger partial charge in [-0.05, 0) is 54.9 Å². The number of aromatic nitrogens is 1. The molecule has 0 bridgehead atoms. The first kappa shape index (κ1) is 24.4. The van der Waals surface area contributed by atoms with Crippen molar-refractivity contribution < 1.29 is 19.2 Å². The molecule has 0 aliphatic heterocycles. The molecule has 1 atom stereocenters. The van der Waals surface area contributed by atoms with Gasteiger partial charge in [0.2, 0.25) is 0 Å². The number of aryl methyl sites for hydroxylation is 3. The van der Waals surface area contributed by atoms with Gasteiger partial charge in [-0.1, -0.05) is 84.0 Å². The summed E-state index contributed by atoms with van der Waals surface area (Å²) in [6.45, 7) is 1.87. The van der Waals surface area contributed by atoms with Gasteiger partial charge in [-0.25, -0.2) is 0 Å². The molecular formula is C30H31NO4. The normalized spacial score (nSPS) is 11.9. The molecule has 1 heterocycles. The van der Waals surface area contributed by atoms with Crippen LogP contribution >= 0.6 is 0 Å². The molecule has 1 unspecified atom stereocenters. The van der Waals surface area contributed by atoms with Crippen molar-refractivity contribution in [1.82, 2.24) is 5.16 Å². The van der Waals surface area contributed by atoms with Gasteiger partial charge in [0, 0.05) is 12.0 Å². The second kappa shape index (κ2) is 11.6. The number of esters is 1. The molecule has 5 heteroatoms. The van der Waals surface area contributed by atoms with Crippen LogP contribution in [0.2, 0.25) is 0 Å². The summed E-state index contributed by atoms with van der Waals surface area (Å²) < 4.78 is 10.4. The molecule has 3 aromatic carbocycles. The minimum atomic E-state index is -0.633. The number of aliphatic hydroxyl groups excluding tert-OH is 1. The average Bonchev–Trinajstić information content (AvgIpc) is 3.29. The van der Waals surface area contributed by atoms with E-state index in [-0.39, 0.29) is 5.97 Å². The fourth-order valence-electron chi connectivity index (χ4n) is 4.33. The zero-order valence-corrected chi connectivity index (χ0v) is 20.2. The minimum absolute atomic E-state index is 0.208. The van der Waals surface area contributed by atoms with Crippen LogP contribution in [0.15, 0.2) is 83.4 Å². The number of hydrogen-bond acceptors (Lipinski definition) is 5. The molecule has 0 aliphatic rings. The lowest BCUT2D eigenvalue weighted by Gasteiger charge is -2.12. The number of ether oxygens (including phenoxy) is 1. The predicted octanol–water partition coefficient (Wildman–Crippen LogP) is 6.48. The predicted molar refractivity (Wildman–Crippen MR) is 137 cm³/mol. The number of carbonyl (C=O) groups is 1. The first-order valence-electron chi connectivity index (χ1n) is 12.0. The van der Waals surface area contributed by atoms with Crippen LogP contribution in [0, 0.1) is 6.92 Å². The molecule has 1 N–H and O–H groups in total. The summed E-state index contributed by atoms with van der Waals surface area (Å²) in [4.78, 5) is 11.5. The van der Waals surface area contributed by atoms with Crippen LogP contribution in [-0.4, -0.2) is 23.3 Å². The first-order valence-corrected chi connectivity index (χ1v) is 12.0. The van der Waals surface area contributed by atoms with Crippen LogP contribution in [0.3, 0.4) is 0 Å². The van der Waals surface area contributed by atoms with Gasteiger partial charge < -0.3 is 14.4 Å². The Morgan fingerprint density at radius 3 is 2.37 bits per heavy atom. The van der Waals surface area contributed by atoms with E-state index in [0.717, 1.165) is 46.4 Å². The van der Waals surface area contributed by atoms with E-state index in [2.05, 4.69) is 29.4 Å². The second-order valence-corrected chi connectivity index (χ2v) is 8.76. The van der Waals surface area contributed by atoms with E-state index < -0.39 is 6.10 Å². The van der Waals surface area contributed by atoms with Gasteiger partial charge in [0.05, 0.1) is 24.5 Å². The maximum absolute atomic E-state index is 11.5. The van der Waals surface area contributed by atoms with Crippen molar-refractivity contribution in [2.24, 2.45) is 0 Å². The van der Waals surface area contributed by atoms with Crippen LogP contribution in [0.4, 0.5) is 0 Å². The van der Waals surface area contributed by atoms with Crippen LogP contribution in [0.25, 0.3) is 22.5 Å². The van der Waals surface area contributed by atoms with Gasteiger partial charge in [0.15, 0.2) is 5.76 Å². The van der Waals surface area contributed by atoms with Crippen molar-refractivity contribution in [3.05, 3.63) is 101 Å². The highest BCUT2D eigenvalue weighted by Crippen LogP contribution is 2.34. The van der Waals surface area contributed by atoms with Gasteiger partial charge in [-0.3, -0.25) is 4.79 Å². The van der Waals surface area contributed by atoms with E-state index in [1.54, 1.807) is 0 Å². The third kappa shape index (κ3) is 6.25. The topological polar surface area (TPSA) is 72.6 Å². The SMILES string of the molecule is COC(=O)CCc1cccc(-c2ccc(-c3onc(C)c3C(O)CCCc3ccccc3)cc2)c1. The first-order chi connectivity index (χ1) is 17.0. The molecular weight excluding hydrogens is 438 g/mol. The van der Waals surface area contributed by atoms with Crippen LogP contribution in [-0.2, 0) is 22.4 Å². The van der Waals surface area contributed by atoms with Crippen molar-refractivity contribution in [3.8, 4) is 22.5 Å². The summed E-state index contributed by atoms with van der Waals surface area (Å²) in [5, 5.41) is 15.1. The summed E-state index contributed by atoms with van der Waals surface area (Å²) in [6.07, 6.45) is 2.80. The molecule has 4 aromatic rings. The Morgan fingerprint density at radius 2 is 1.63 bits per heavy atom. The lowest BCUT2D eigenvalue weighted by molar-refractivity contribution is -0.140. The Labute approximate surface area is 206 Å². The number of carbonyl (C=O) groups excluding carboxylic acids is 1. The standard InChI is InChI=1S/C30H31NO4/c1-21-29(27(32)13-7-10-22-8-4-3-5-9-22)30(35-31-21)25-17-15-24(16-18-25)26-12-6-11-23(20-26)14-19-28(33)34-2/h3-6,8-9,11-12,15-18,20,27,32H,7,10,13-14,19H2,1-2H3. The Kier molecular flexibility index (Phi) is 8.11. The largest absolute Gasteiger partial charge is 0.469 e. The molecule has 1 aromatic heterocycles. The van der Waals surface area contributed by atoms with Gasteiger partial charge in [0.25, 0.3) is 0 Å². The fourth-order valence-corrected chi connectivity index (χ4v) is 4.33. The minimum Gasteiger partial charge on any atom is -0.469 e. The number of nitrogens with zero attached hydrogens (tertiary/aromatic N) is 1. The smallest absolute Gasteiger partial charge is 0.305 e. The molecule has 5 nitrogen and oxygen atoms in total. The van der Waals surface area contributed by atoms with Crippen molar-refractivity contribution >= 4 is 5.97 Å². The molecule has 0 saturated carbocycles. The summed E-state index contributed by atoms with van der Waals surface area (Å²) in [7, 11) is 1.41. The summed E-state index contributed by atoms with van der Waals surface area (Å²) >= 11 is 0. The van der Waals surface area contributed by atoms with Crippen LogP contribution < -0.4 is 0 Å². The number of aliphatic hydroxyl groups is 1. The van der Waals surface area contributed by atoms with Crippen molar-refractivity contribution in [3.63, 3.8) is 0 Å². The zero-order chi connectivity index (χ0) is 24.6. The van der Waals surface area contributed by atoms with E-state index in [4.69, 9.17) is 9.26 Å². The van der Waals surface area contributed by atoms with Gasteiger partial charge >= 0.3 is 5.97 Å². The molecule has 0 amide bonds. The molecule has 0 saturated heterocycles. The number of methoxy groups -OCH3 is 1. The highest BCUT2D eigenvalue weighted by atomic mass is 16.5. The molecule has 0 radical (unpaired) electrons. The quantitative estimate of drug-likeness (QED) is 0.269. The third-order valence-corrected chi connectivity index (χ3v) is 6.28. The number of benzene rings is 3. The Bertz CT molecular complexity index is 1250. The number of rotatable bonds is 10. The average molecular weight is 470 g/mol. The van der Waals surface area contributed by atoms with E-state index in [1.807, 2.05) is 61.5 Å². The molecule has 0 aliphatic carbocycles. The van der Waals surface area contributed by atoms with E-state index in [9.17, 15) is 9.90 Å². The number of hydrogen-bond donors (Lipinski definition) is 1. The molecule has 4 rings (SSSR count). The Balaban J connectivity index is 1.46. The summed E-state index contributed by atoms with van der Waals surface area (Å²) in [5.74, 6) is 0.410. The van der Waals surface area contributed by atoms with Crippen molar-refractivity contribution in [1.29, 1.82) is 0 Å². The molecule has 0 fully saturated rings. The highest BCUT2D eigenvalue weighted by molar-refractivity contribution is 5.71. The Hall–Kier alpha value is -3.70. The second-order valence-electron chi connectivity index (χ2n) is 8.76. The van der Waals surface area contributed by atoms with Gasteiger partial charge in [0.1, 0.15) is 0 Å². The lowest BCUT2D eigenvalue weighted by atomic mass is 9.96. The van der Waals surface area contributed by atoms with Gasteiger partial charge in [-0.2, -0.15) is 0 Å². The highest BCUT2D eigenvalue weighted by Gasteiger charge is 2.22. The monoisotopic (exact) mass is 469 g/mol. The summed E-state index contributed by atoms with van der Waals surface area (Å²) in [5.41, 5.74) is 6.86. The molecule has 35 heavy (non-hydrogen) atoms.